The van der Waals surface area contributed by atoms with Gasteiger partial charge in [0, 0.05) is 24.5 Å². The molecule has 34 heavy (non-hydrogen) atoms. The van der Waals surface area contributed by atoms with Crippen LogP contribution < -0.4 is 4.74 Å². The Balaban J connectivity index is 1.75. The molecule has 1 aromatic heterocycles. The quantitative estimate of drug-likeness (QED) is 0.306. The number of rotatable bonds is 7. The third kappa shape index (κ3) is 4.86. The van der Waals surface area contributed by atoms with Gasteiger partial charge in [-0.1, -0.05) is 49.7 Å². The number of nitrogens with zero attached hydrogens (tertiary/aromatic N) is 2. The van der Waals surface area contributed by atoms with Crippen molar-refractivity contribution >= 4 is 17.4 Å². The summed E-state index contributed by atoms with van der Waals surface area (Å²) in [5.74, 6) is -0.483. The zero-order valence-electron chi connectivity index (χ0n) is 19.6. The van der Waals surface area contributed by atoms with Gasteiger partial charge in [0.25, 0.3) is 11.7 Å². The second kappa shape index (κ2) is 9.91. The lowest BCUT2D eigenvalue weighted by atomic mass is 9.94. The third-order valence-electron chi connectivity index (χ3n) is 5.72. The van der Waals surface area contributed by atoms with Gasteiger partial charge in [0.2, 0.25) is 0 Å². The molecule has 1 unspecified atom stereocenters. The highest BCUT2D eigenvalue weighted by Gasteiger charge is 2.46. The Morgan fingerprint density at radius 1 is 1.06 bits per heavy atom. The minimum absolute atomic E-state index is 0.0774. The summed E-state index contributed by atoms with van der Waals surface area (Å²) in [6, 6.07) is 17.5. The largest absolute Gasteiger partial charge is 0.507 e. The zero-order chi connectivity index (χ0) is 24.2. The van der Waals surface area contributed by atoms with Gasteiger partial charge >= 0.3 is 0 Å². The maximum absolute atomic E-state index is 13.2. The van der Waals surface area contributed by atoms with E-state index in [0.717, 1.165) is 16.7 Å². The van der Waals surface area contributed by atoms with E-state index in [2.05, 4.69) is 18.8 Å². The number of aliphatic hydroxyl groups is 1. The summed E-state index contributed by atoms with van der Waals surface area (Å²) in [5, 5.41) is 11.2. The number of hydrogen-bond donors (Lipinski definition) is 1. The average molecular weight is 457 g/mol. The summed E-state index contributed by atoms with van der Waals surface area (Å²) < 4.78 is 5.72. The predicted molar refractivity (Wildman–Crippen MR) is 130 cm³/mol. The van der Waals surface area contributed by atoms with E-state index in [9.17, 15) is 14.7 Å². The number of benzene rings is 2. The van der Waals surface area contributed by atoms with Crippen LogP contribution in [0.5, 0.6) is 5.75 Å². The Bertz CT molecular complexity index is 1200. The summed E-state index contributed by atoms with van der Waals surface area (Å²) in [6.07, 6.45) is 3.32. The highest BCUT2D eigenvalue weighted by Crippen LogP contribution is 2.40. The van der Waals surface area contributed by atoms with Crippen molar-refractivity contribution in [1.29, 1.82) is 0 Å². The van der Waals surface area contributed by atoms with Gasteiger partial charge in [-0.3, -0.25) is 14.6 Å². The van der Waals surface area contributed by atoms with E-state index in [4.69, 9.17) is 4.74 Å². The number of aromatic nitrogens is 1. The Hall–Kier alpha value is -3.93. The number of pyridine rings is 1. The lowest BCUT2D eigenvalue weighted by Gasteiger charge is -2.25. The number of hydrogen-bond acceptors (Lipinski definition) is 5. The Morgan fingerprint density at radius 3 is 2.38 bits per heavy atom. The smallest absolute Gasteiger partial charge is 0.295 e. The molecule has 1 N–H and O–H groups in total. The van der Waals surface area contributed by atoms with Crippen molar-refractivity contribution < 1.29 is 19.4 Å². The highest BCUT2D eigenvalue weighted by atomic mass is 16.5. The number of aryl methyl sites for hydroxylation is 1. The first-order valence-electron chi connectivity index (χ1n) is 11.3. The first-order valence-corrected chi connectivity index (χ1v) is 11.3. The van der Waals surface area contributed by atoms with Crippen molar-refractivity contribution in [2.45, 2.75) is 33.4 Å². The van der Waals surface area contributed by atoms with Crippen LogP contribution in [0.2, 0.25) is 0 Å². The first-order chi connectivity index (χ1) is 16.3. The predicted octanol–water partition coefficient (Wildman–Crippen LogP) is 5.05. The molecule has 1 aliphatic rings. The molecule has 6 nitrogen and oxygen atoms in total. The van der Waals surface area contributed by atoms with E-state index in [1.54, 1.807) is 42.7 Å². The lowest BCUT2D eigenvalue weighted by Crippen LogP contribution is -2.29. The van der Waals surface area contributed by atoms with Crippen molar-refractivity contribution in [3.05, 3.63) is 101 Å². The fourth-order valence-electron chi connectivity index (χ4n) is 3.95. The van der Waals surface area contributed by atoms with E-state index in [1.165, 1.54) is 4.90 Å². The van der Waals surface area contributed by atoms with E-state index >= 15 is 0 Å². The van der Waals surface area contributed by atoms with Gasteiger partial charge in [0.1, 0.15) is 11.5 Å². The van der Waals surface area contributed by atoms with E-state index < -0.39 is 17.7 Å². The molecule has 6 heteroatoms. The minimum atomic E-state index is -0.710. The SMILES string of the molecule is Cc1ccc(C2/C(=C(/O)c3ccc(OCC(C)C)cc3)C(=O)C(=O)N2Cc2cccnc2)cc1. The third-order valence-corrected chi connectivity index (χ3v) is 5.72. The monoisotopic (exact) mass is 456 g/mol. The lowest BCUT2D eigenvalue weighted by molar-refractivity contribution is -0.140. The number of aliphatic hydroxyl groups excluding tert-OH is 1. The molecule has 2 aromatic carbocycles. The maximum Gasteiger partial charge on any atom is 0.295 e. The number of Topliss-reactive ketones (excluding diaryl/α,β-unsaturated/α-hetero) is 1. The fraction of sp³-hybridized carbons (Fsp3) is 0.250. The summed E-state index contributed by atoms with van der Waals surface area (Å²) in [6.45, 7) is 6.89. The normalized spacial score (nSPS) is 17.4. The van der Waals surface area contributed by atoms with Crippen molar-refractivity contribution in [2.75, 3.05) is 6.61 Å². The van der Waals surface area contributed by atoms with Crippen LogP contribution in [0, 0.1) is 12.8 Å². The highest BCUT2D eigenvalue weighted by molar-refractivity contribution is 6.46. The summed E-state index contributed by atoms with van der Waals surface area (Å²) >= 11 is 0. The van der Waals surface area contributed by atoms with Crippen LogP contribution in [0.3, 0.4) is 0 Å². The van der Waals surface area contributed by atoms with Gasteiger partial charge in [-0.05, 0) is 54.3 Å². The van der Waals surface area contributed by atoms with E-state index in [-0.39, 0.29) is 17.9 Å². The minimum Gasteiger partial charge on any atom is -0.507 e. The number of carbonyl (C=O) groups is 2. The molecule has 174 valence electrons. The Morgan fingerprint density at radius 2 is 1.76 bits per heavy atom. The van der Waals surface area contributed by atoms with Crippen LogP contribution in [-0.2, 0) is 16.1 Å². The number of ketones is 1. The number of amides is 1. The molecule has 0 spiro atoms. The second-order valence-corrected chi connectivity index (χ2v) is 8.93. The Kier molecular flexibility index (Phi) is 6.77. The molecule has 1 saturated heterocycles. The van der Waals surface area contributed by atoms with Crippen molar-refractivity contribution in [3.63, 3.8) is 0 Å². The number of carbonyl (C=O) groups excluding carboxylic acids is 2. The fourth-order valence-corrected chi connectivity index (χ4v) is 3.95. The molecule has 2 heterocycles. The molecule has 1 atom stereocenters. The second-order valence-electron chi connectivity index (χ2n) is 8.93. The van der Waals surface area contributed by atoms with Gasteiger partial charge in [0.15, 0.2) is 0 Å². The van der Waals surface area contributed by atoms with Gasteiger partial charge < -0.3 is 14.7 Å². The summed E-state index contributed by atoms with van der Waals surface area (Å²) in [7, 11) is 0. The van der Waals surface area contributed by atoms with Gasteiger partial charge in [-0.15, -0.1) is 0 Å². The van der Waals surface area contributed by atoms with Crippen LogP contribution in [0.1, 0.15) is 42.1 Å². The van der Waals surface area contributed by atoms with Crippen LogP contribution in [0.15, 0.2) is 78.6 Å². The average Bonchev–Trinajstić information content (AvgIpc) is 3.08. The maximum atomic E-state index is 13.2. The van der Waals surface area contributed by atoms with Gasteiger partial charge in [0.05, 0.1) is 18.2 Å². The summed E-state index contributed by atoms with van der Waals surface area (Å²) in [5.41, 5.74) is 3.15. The molecule has 0 radical (unpaired) electrons. The summed E-state index contributed by atoms with van der Waals surface area (Å²) in [4.78, 5) is 31.9. The van der Waals surface area contributed by atoms with Crippen molar-refractivity contribution in [3.8, 4) is 5.75 Å². The molecular weight excluding hydrogens is 428 g/mol. The van der Waals surface area contributed by atoms with Crippen molar-refractivity contribution in [1.82, 2.24) is 9.88 Å². The first kappa shape index (κ1) is 23.2. The van der Waals surface area contributed by atoms with Crippen molar-refractivity contribution in [2.24, 2.45) is 5.92 Å². The molecule has 1 aliphatic heterocycles. The molecule has 0 aliphatic carbocycles. The topological polar surface area (TPSA) is 79.7 Å². The molecule has 1 amide bonds. The van der Waals surface area contributed by atoms with E-state index in [1.807, 2.05) is 37.3 Å². The molecular formula is C28H28N2O4. The van der Waals surface area contributed by atoms with Crippen LogP contribution in [0.4, 0.5) is 0 Å². The Labute approximate surface area is 199 Å². The molecule has 3 aromatic rings. The van der Waals surface area contributed by atoms with Crippen LogP contribution in [-0.4, -0.2) is 33.3 Å². The van der Waals surface area contributed by atoms with E-state index in [0.29, 0.717) is 23.8 Å². The molecule has 0 saturated carbocycles. The molecule has 1 fully saturated rings. The van der Waals surface area contributed by atoms with Crippen LogP contribution in [0.25, 0.3) is 5.76 Å². The molecule has 4 rings (SSSR count). The zero-order valence-corrected chi connectivity index (χ0v) is 19.6. The van der Waals surface area contributed by atoms with Crippen LogP contribution >= 0.6 is 0 Å². The van der Waals surface area contributed by atoms with Gasteiger partial charge in [-0.25, -0.2) is 0 Å². The number of likely N-dealkylation sites (tertiary alicyclic amines) is 1. The molecule has 0 bridgehead atoms. The standard InChI is InChI=1S/C28H28N2O4/c1-18(2)17-34-23-12-10-22(11-13-23)26(31)24-25(21-8-6-19(3)7-9-21)30(28(33)27(24)32)16-20-5-4-14-29-15-20/h4-15,18,25,31H,16-17H2,1-3H3/b26-24-. The number of ether oxygens (including phenoxy) is 1. The van der Waals surface area contributed by atoms with Gasteiger partial charge in [-0.2, -0.15) is 0 Å².